The topological polar surface area (TPSA) is 49.4 Å². The van der Waals surface area contributed by atoms with Crippen LogP contribution in [0.1, 0.15) is 23.1 Å². The molecule has 1 N–H and O–H groups in total. The van der Waals surface area contributed by atoms with Crippen LogP contribution in [0, 0.1) is 11.7 Å². The Bertz CT molecular complexity index is 1050. The first-order valence-electron chi connectivity index (χ1n) is 10.1. The van der Waals surface area contributed by atoms with Crippen molar-refractivity contribution >= 4 is 17.5 Å². The number of carbonyl (C=O) groups is 2. The van der Waals surface area contributed by atoms with Crippen molar-refractivity contribution < 1.29 is 14.0 Å². The Morgan fingerprint density at radius 2 is 1.60 bits per heavy atom. The van der Waals surface area contributed by atoms with Crippen LogP contribution in [0.15, 0.2) is 78.9 Å². The maximum Gasteiger partial charge on any atom is 0.239 e. The number of nitrogens with one attached hydrogen (secondary N) is 1. The Labute approximate surface area is 175 Å². The summed E-state index contributed by atoms with van der Waals surface area (Å²) in [6, 6.07) is 24.2. The van der Waals surface area contributed by atoms with Crippen LogP contribution in [0.3, 0.4) is 0 Å². The van der Waals surface area contributed by atoms with Crippen molar-refractivity contribution in [3.63, 3.8) is 0 Å². The molecule has 2 amide bonds. The lowest BCUT2D eigenvalue weighted by molar-refractivity contribution is -0.132. The first-order chi connectivity index (χ1) is 14.6. The van der Waals surface area contributed by atoms with Crippen LogP contribution >= 0.6 is 0 Å². The normalized spacial score (nSPS) is 16.0. The second-order valence-corrected chi connectivity index (χ2v) is 7.43. The van der Waals surface area contributed by atoms with Crippen LogP contribution in [-0.2, 0) is 22.6 Å². The van der Waals surface area contributed by atoms with Crippen molar-refractivity contribution in [1.29, 1.82) is 0 Å². The molecule has 1 aliphatic rings. The van der Waals surface area contributed by atoms with Crippen molar-refractivity contribution in [3.05, 3.63) is 101 Å². The van der Waals surface area contributed by atoms with Crippen LogP contribution in [0.5, 0.6) is 0 Å². The minimum atomic E-state index is -0.749. The van der Waals surface area contributed by atoms with E-state index in [0.29, 0.717) is 24.9 Å². The monoisotopic (exact) mass is 402 g/mol. The summed E-state index contributed by atoms with van der Waals surface area (Å²) in [7, 11) is 0. The smallest absolute Gasteiger partial charge is 0.239 e. The highest BCUT2D eigenvalue weighted by Gasteiger charge is 2.38. The van der Waals surface area contributed by atoms with Crippen molar-refractivity contribution in [2.45, 2.75) is 19.4 Å². The Morgan fingerprint density at radius 3 is 2.37 bits per heavy atom. The molecule has 0 saturated carbocycles. The van der Waals surface area contributed by atoms with Crippen molar-refractivity contribution in [2.75, 3.05) is 11.4 Å². The molecule has 4 rings (SSSR count). The lowest BCUT2D eigenvalue weighted by Gasteiger charge is -2.20. The third-order valence-electron chi connectivity index (χ3n) is 5.45. The largest absolute Gasteiger partial charge is 0.351 e. The maximum absolute atomic E-state index is 13.8. The number of hydrogen-bond acceptors (Lipinski definition) is 2. The number of anilines is 1. The zero-order valence-corrected chi connectivity index (χ0v) is 16.6. The predicted octanol–water partition coefficient (Wildman–Crippen LogP) is 4.09. The highest BCUT2D eigenvalue weighted by molar-refractivity contribution is 6.09. The Kier molecular flexibility index (Phi) is 5.89. The minimum Gasteiger partial charge on any atom is -0.351 e. The Hall–Kier alpha value is -3.47. The number of rotatable bonds is 6. The molecule has 152 valence electrons. The number of hydrogen-bond donors (Lipinski definition) is 1. The maximum atomic E-state index is 13.8. The van der Waals surface area contributed by atoms with E-state index in [4.69, 9.17) is 0 Å². The first-order valence-corrected chi connectivity index (χ1v) is 10.1. The number of para-hydroxylation sites is 1. The molecular formula is C25H23FN2O2. The lowest BCUT2D eigenvalue weighted by Crippen LogP contribution is -2.37. The van der Waals surface area contributed by atoms with Gasteiger partial charge in [-0.25, -0.2) is 4.39 Å². The van der Waals surface area contributed by atoms with Gasteiger partial charge in [0.2, 0.25) is 11.8 Å². The van der Waals surface area contributed by atoms with Gasteiger partial charge in [-0.1, -0.05) is 66.7 Å². The fourth-order valence-corrected chi connectivity index (χ4v) is 3.85. The van der Waals surface area contributed by atoms with Gasteiger partial charge in [-0.05, 0) is 36.1 Å². The fourth-order valence-electron chi connectivity index (χ4n) is 3.85. The van der Waals surface area contributed by atoms with Gasteiger partial charge in [0.25, 0.3) is 0 Å². The predicted molar refractivity (Wildman–Crippen MR) is 114 cm³/mol. The number of amides is 2. The van der Waals surface area contributed by atoms with Gasteiger partial charge < -0.3 is 10.2 Å². The Balaban J connectivity index is 1.46. The summed E-state index contributed by atoms with van der Waals surface area (Å²) in [6.07, 6.45) is 1.16. The molecule has 30 heavy (non-hydrogen) atoms. The molecule has 3 aromatic rings. The van der Waals surface area contributed by atoms with E-state index < -0.39 is 5.92 Å². The lowest BCUT2D eigenvalue weighted by atomic mass is 10.0. The SMILES string of the molecule is O=C(NCc1ccccc1F)[C@H]1CCN(c2ccccc2Cc2ccccc2)C1=O. The molecule has 1 heterocycles. The highest BCUT2D eigenvalue weighted by Crippen LogP contribution is 2.30. The molecule has 1 aliphatic heterocycles. The summed E-state index contributed by atoms with van der Waals surface area (Å²) >= 11 is 0. The van der Waals surface area contributed by atoms with Crippen molar-refractivity contribution in [2.24, 2.45) is 5.92 Å². The minimum absolute atomic E-state index is 0.0693. The zero-order valence-electron chi connectivity index (χ0n) is 16.6. The van der Waals surface area contributed by atoms with Crippen LogP contribution in [0.2, 0.25) is 0 Å². The van der Waals surface area contributed by atoms with Gasteiger partial charge in [0.15, 0.2) is 0 Å². The molecule has 1 atom stereocenters. The van der Waals surface area contributed by atoms with E-state index in [1.54, 1.807) is 23.1 Å². The van der Waals surface area contributed by atoms with E-state index in [0.717, 1.165) is 16.8 Å². The molecule has 0 aliphatic carbocycles. The molecule has 3 aromatic carbocycles. The van der Waals surface area contributed by atoms with Crippen molar-refractivity contribution in [3.8, 4) is 0 Å². The quantitative estimate of drug-likeness (QED) is 0.632. The third-order valence-corrected chi connectivity index (χ3v) is 5.45. The molecule has 0 bridgehead atoms. The van der Waals surface area contributed by atoms with E-state index in [1.165, 1.54) is 6.07 Å². The first kappa shape index (κ1) is 19.8. The number of carbonyl (C=O) groups excluding carboxylic acids is 2. The summed E-state index contributed by atoms with van der Waals surface area (Å²) in [5.41, 5.74) is 3.46. The average Bonchev–Trinajstić information content (AvgIpc) is 3.15. The van der Waals surface area contributed by atoms with Gasteiger partial charge in [-0.3, -0.25) is 9.59 Å². The second-order valence-electron chi connectivity index (χ2n) is 7.43. The molecule has 4 nitrogen and oxygen atoms in total. The molecule has 0 spiro atoms. The van der Waals surface area contributed by atoms with E-state index >= 15 is 0 Å². The van der Waals surface area contributed by atoms with E-state index in [9.17, 15) is 14.0 Å². The summed E-state index contributed by atoms with van der Waals surface area (Å²) in [5.74, 6) is -1.68. The average molecular weight is 402 g/mol. The zero-order chi connectivity index (χ0) is 20.9. The van der Waals surface area contributed by atoms with Crippen LogP contribution in [0.4, 0.5) is 10.1 Å². The summed E-state index contributed by atoms with van der Waals surface area (Å²) in [4.78, 5) is 27.3. The molecule has 0 aromatic heterocycles. The number of nitrogens with zero attached hydrogens (tertiary/aromatic N) is 1. The van der Waals surface area contributed by atoms with Crippen LogP contribution in [-0.4, -0.2) is 18.4 Å². The van der Waals surface area contributed by atoms with E-state index in [2.05, 4.69) is 17.4 Å². The number of halogens is 1. The Morgan fingerprint density at radius 1 is 0.933 bits per heavy atom. The molecular weight excluding hydrogens is 379 g/mol. The van der Waals surface area contributed by atoms with Gasteiger partial charge in [-0.2, -0.15) is 0 Å². The van der Waals surface area contributed by atoms with Crippen molar-refractivity contribution in [1.82, 2.24) is 5.32 Å². The molecule has 0 unspecified atom stereocenters. The number of benzene rings is 3. The van der Waals surface area contributed by atoms with Gasteiger partial charge in [-0.15, -0.1) is 0 Å². The molecule has 1 fully saturated rings. The fraction of sp³-hybridized carbons (Fsp3) is 0.200. The van der Waals surface area contributed by atoms with Gasteiger partial charge in [0.1, 0.15) is 11.7 Å². The van der Waals surface area contributed by atoms with E-state index in [1.807, 2.05) is 42.5 Å². The molecule has 5 heteroatoms. The van der Waals surface area contributed by atoms with Gasteiger partial charge >= 0.3 is 0 Å². The van der Waals surface area contributed by atoms with Gasteiger partial charge in [0.05, 0.1) is 0 Å². The standard InChI is InChI=1S/C25H23FN2O2/c26-22-12-6-4-11-20(22)17-27-24(29)21-14-15-28(25(21)30)23-13-7-5-10-19(23)16-18-8-2-1-3-9-18/h1-13,21H,14-17H2,(H,27,29)/t21-/m1/s1. The molecule has 0 radical (unpaired) electrons. The van der Waals surface area contributed by atoms with Crippen LogP contribution in [0.25, 0.3) is 0 Å². The molecule has 1 saturated heterocycles. The van der Waals surface area contributed by atoms with Gasteiger partial charge in [0, 0.05) is 24.3 Å². The van der Waals surface area contributed by atoms with Crippen LogP contribution < -0.4 is 10.2 Å². The highest BCUT2D eigenvalue weighted by atomic mass is 19.1. The van der Waals surface area contributed by atoms with E-state index in [-0.39, 0.29) is 24.2 Å². The summed E-state index contributed by atoms with van der Waals surface area (Å²) in [6.45, 7) is 0.558. The summed E-state index contributed by atoms with van der Waals surface area (Å²) in [5, 5.41) is 2.71. The second kappa shape index (κ2) is 8.91. The summed E-state index contributed by atoms with van der Waals surface area (Å²) < 4.78 is 13.8. The third kappa shape index (κ3) is 4.25.